The Labute approximate surface area is 165 Å². The maximum atomic E-state index is 11.9. The van der Waals surface area contributed by atoms with Crippen LogP contribution < -0.4 is 14.8 Å². The highest BCUT2D eigenvalue weighted by Gasteiger charge is 2.10. The molecular formula is C19H19BrN2O5. The average molecular weight is 435 g/mol. The van der Waals surface area contributed by atoms with E-state index in [2.05, 4.69) is 21.2 Å². The van der Waals surface area contributed by atoms with E-state index in [1.165, 1.54) is 24.3 Å². The average Bonchev–Trinajstić information content (AvgIpc) is 2.67. The van der Waals surface area contributed by atoms with Crippen molar-refractivity contribution >= 4 is 33.6 Å². The summed E-state index contributed by atoms with van der Waals surface area (Å²) in [5, 5.41) is 13.5. The van der Waals surface area contributed by atoms with Gasteiger partial charge in [0.15, 0.2) is 11.5 Å². The summed E-state index contributed by atoms with van der Waals surface area (Å²) in [5.41, 5.74) is 1.54. The molecule has 1 amide bonds. The second-order valence-corrected chi connectivity index (χ2v) is 6.38. The summed E-state index contributed by atoms with van der Waals surface area (Å²) in [6.45, 7) is 0.423. The van der Waals surface area contributed by atoms with Gasteiger partial charge in [0.05, 0.1) is 19.1 Å². The van der Waals surface area contributed by atoms with Crippen molar-refractivity contribution in [3.63, 3.8) is 0 Å². The first-order valence-corrected chi connectivity index (χ1v) is 8.84. The van der Waals surface area contributed by atoms with E-state index in [9.17, 15) is 14.9 Å². The highest BCUT2D eigenvalue weighted by molar-refractivity contribution is 9.10. The molecule has 8 heteroatoms. The van der Waals surface area contributed by atoms with Gasteiger partial charge in [0.2, 0.25) is 5.91 Å². The standard InChI is InChI=1S/C19H19BrN2O5/c1-26-17-11-14(16(20)12-18(17)27-2)8-9-21-19(23)7-6-13-4-3-5-15(10-13)22(24)25/h3-7,10-12H,8-9H2,1-2H3,(H,21,23)/b7-6+. The molecule has 0 spiro atoms. The number of amides is 1. The zero-order valence-electron chi connectivity index (χ0n) is 14.9. The lowest BCUT2D eigenvalue weighted by Crippen LogP contribution is -2.23. The molecule has 0 aliphatic rings. The van der Waals surface area contributed by atoms with Crippen molar-refractivity contribution in [3.8, 4) is 11.5 Å². The summed E-state index contributed by atoms with van der Waals surface area (Å²) in [6.07, 6.45) is 3.48. The predicted octanol–water partition coefficient (Wildman–Crippen LogP) is 3.75. The molecule has 1 N–H and O–H groups in total. The highest BCUT2D eigenvalue weighted by atomic mass is 79.9. The van der Waals surface area contributed by atoms with Crippen LogP contribution in [0.15, 0.2) is 46.9 Å². The minimum Gasteiger partial charge on any atom is -0.493 e. The summed E-state index contributed by atoms with van der Waals surface area (Å²) in [7, 11) is 3.13. The maximum Gasteiger partial charge on any atom is 0.270 e. The molecule has 0 saturated heterocycles. The molecule has 0 radical (unpaired) electrons. The normalized spacial score (nSPS) is 10.6. The Morgan fingerprint density at radius 3 is 2.59 bits per heavy atom. The second kappa shape index (κ2) is 9.72. The van der Waals surface area contributed by atoms with Gasteiger partial charge in [-0.25, -0.2) is 0 Å². The Morgan fingerprint density at radius 1 is 1.22 bits per heavy atom. The minimum absolute atomic E-state index is 0.0177. The number of halogens is 1. The van der Waals surface area contributed by atoms with Gasteiger partial charge in [-0.15, -0.1) is 0 Å². The first-order chi connectivity index (χ1) is 12.9. The van der Waals surface area contributed by atoms with Crippen molar-refractivity contribution in [2.24, 2.45) is 0 Å². The molecule has 0 atom stereocenters. The largest absolute Gasteiger partial charge is 0.493 e. The summed E-state index contributed by atoms with van der Waals surface area (Å²) < 4.78 is 11.4. The molecule has 7 nitrogen and oxygen atoms in total. The topological polar surface area (TPSA) is 90.7 Å². The van der Waals surface area contributed by atoms with Gasteiger partial charge < -0.3 is 14.8 Å². The summed E-state index contributed by atoms with van der Waals surface area (Å²) in [5.74, 6) is 0.961. The number of carbonyl (C=O) groups excluding carboxylic acids is 1. The number of hydrogen-bond acceptors (Lipinski definition) is 5. The van der Waals surface area contributed by atoms with Gasteiger partial charge in [0.25, 0.3) is 5.69 Å². The third-order valence-corrected chi connectivity index (χ3v) is 4.49. The van der Waals surface area contributed by atoms with Crippen LogP contribution in [0.25, 0.3) is 6.08 Å². The van der Waals surface area contributed by atoms with Gasteiger partial charge >= 0.3 is 0 Å². The summed E-state index contributed by atoms with van der Waals surface area (Å²) in [4.78, 5) is 22.2. The Bertz CT molecular complexity index is 867. The molecule has 2 rings (SSSR count). The van der Waals surface area contributed by atoms with Crippen LogP contribution in [0.5, 0.6) is 11.5 Å². The number of hydrogen-bond donors (Lipinski definition) is 1. The zero-order valence-corrected chi connectivity index (χ0v) is 16.5. The number of benzene rings is 2. The third-order valence-electron chi connectivity index (χ3n) is 3.75. The van der Waals surface area contributed by atoms with E-state index in [1.54, 1.807) is 26.4 Å². The first-order valence-electron chi connectivity index (χ1n) is 8.05. The maximum absolute atomic E-state index is 11.9. The van der Waals surface area contributed by atoms with Crippen LogP contribution >= 0.6 is 15.9 Å². The van der Waals surface area contributed by atoms with E-state index in [-0.39, 0.29) is 11.6 Å². The number of ether oxygens (including phenoxy) is 2. The Balaban J connectivity index is 1.93. The summed E-state index contributed by atoms with van der Waals surface area (Å²) >= 11 is 3.48. The number of carbonyl (C=O) groups is 1. The van der Waals surface area contributed by atoms with Crippen LogP contribution in [-0.4, -0.2) is 31.6 Å². The van der Waals surface area contributed by atoms with E-state index < -0.39 is 4.92 Å². The highest BCUT2D eigenvalue weighted by Crippen LogP contribution is 2.33. The van der Waals surface area contributed by atoms with E-state index in [0.717, 1.165) is 10.0 Å². The van der Waals surface area contributed by atoms with Gasteiger partial charge in [0.1, 0.15) is 0 Å². The van der Waals surface area contributed by atoms with Crippen LogP contribution in [0.1, 0.15) is 11.1 Å². The van der Waals surface area contributed by atoms with Crippen molar-refractivity contribution in [2.75, 3.05) is 20.8 Å². The molecule has 0 fully saturated rings. The van der Waals surface area contributed by atoms with E-state index >= 15 is 0 Å². The molecule has 0 saturated carbocycles. The third kappa shape index (κ3) is 5.82. The molecule has 0 bridgehead atoms. The molecule has 2 aromatic carbocycles. The van der Waals surface area contributed by atoms with Gasteiger partial charge in [-0.1, -0.05) is 28.1 Å². The minimum atomic E-state index is -0.474. The number of nitrogens with zero attached hydrogens (tertiary/aromatic N) is 1. The van der Waals surface area contributed by atoms with Gasteiger partial charge in [-0.3, -0.25) is 14.9 Å². The SMILES string of the molecule is COc1cc(Br)c(CCNC(=O)/C=C/c2cccc([N+](=O)[O-])c2)cc1OC. The van der Waals surface area contributed by atoms with Crippen molar-refractivity contribution in [1.82, 2.24) is 5.32 Å². The van der Waals surface area contributed by atoms with Crippen LogP contribution in [0, 0.1) is 10.1 Å². The monoisotopic (exact) mass is 434 g/mol. The number of nitro benzene ring substituents is 1. The van der Waals surface area contributed by atoms with Crippen molar-refractivity contribution in [2.45, 2.75) is 6.42 Å². The van der Waals surface area contributed by atoms with E-state index in [0.29, 0.717) is 30.0 Å². The number of non-ortho nitro benzene ring substituents is 1. The molecule has 0 aliphatic heterocycles. The fraction of sp³-hybridized carbons (Fsp3) is 0.211. The number of nitro groups is 1. The van der Waals surface area contributed by atoms with Crippen LogP contribution in [0.4, 0.5) is 5.69 Å². The number of nitrogens with one attached hydrogen (secondary N) is 1. The molecule has 0 aliphatic carbocycles. The van der Waals surface area contributed by atoms with Crippen molar-refractivity contribution < 1.29 is 19.2 Å². The van der Waals surface area contributed by atoms with Crippen molar-refractivity contribution in [1.29, 1.82) is 0 Å². The predicted molar refractivity (Wildman–Crippen MR) is 106 cm³/mol. The Kier molecular flexibility index (Phi) is 7.36. The second-order valence-electron chi connectivity index (χ2n) is 5.53. The molecule has 27 heavy (non-hydrogen) atoms. The quantitative estimate of drug-likeness (QED) is 0.388. The lowest BCUT2D eigenvalue weighted by molar-refractivity contribution is -0.384. The van der Waals surface area contributed by atoms with Crippen molar-refractivity contribution in [3.05, 3.63) is 68.2 Å². The molecule has 0 heterocycles. The number of rotatable bonds is 8. The van der Waals surface area contributed by atoms with Gasteiger partial charge in [0, 0.05) is 29.2 Å². The lowest BCUT2D eigenvalue weighted by Gasteiger charge is -2.12. The van der Waals surface area contributed by atoms with Crippen LogP contribution in [0.3, 0.4) is 0 Å². The molecule has 0 unspecified atom stereocenters. The first kappa shape index (κ1) is 20.4. The molecular weight excluding hydrogens is 416 g/mol. The molecule has 2 aromatic rings. The molecule has 0 aromatic heterocycles. The zero-order chi connectivity index (χ0) is 19.8. The smallest absolute Gasteiger partial charge is 0.270 e. The fourth-order valence-electron chi connectivity index (χ4n) is 2.38. The molecule has 142 valence electrons. The Morgan fingerprint density at radius 2 is 1.93 bits per heavy atom. The summed E-state index contributed by atoms with van der Waals surface area (Å²) in [6, 6.07) is 9.75. The fourth-order valence-corrected chi connectivity index (χ4v) is 2.90. The number of methoxy groups -OCH3 is 2. The van der Waals surface area contributed by atoms with Gasteiger partial charge in [-0.05, 0) is 35.8 Å². The van der Waals surface area contributed by atoms with Crippen LogP contribution in [0.2, 0.25) is 0 Å². The van der Waals surface area contributed by atoms with Gasteiger partial charge in [-0.2, -0.15) is 0 Å². The van der Waals surface area contributed by atoms with E-state index in [1.807, 2.05) is 12.1 Å². The van der Waals surface area contributed by atoms with Crippen LogP contribution in [-0.2, 0) is 11.2 Å². The lowest BCUT2D eigenvalue weighted by atomic mass is 10.1. The van der Waals surface area contributed by atoms with E-state index in [4.69, 9.17) is 9.47 Å². The Hall–Kier alpha value is -2.87.